The number of aliphatic carboxylic acids is 1. The van der Waals surface area contributed by atoms with Crippen molar-refractivity contribution < 1.29 is 14.7 Å². The number of hydrogen-bond donors (Lipinski definition) is 2. The van der Waals surface area contributed by atoms with Gasteiger partial charge in [0.25, 0.3) is 5.91 Å². The maximum absolute atomic E-state index is 12.5. The topological polar surface area (TPSA) is 86.3 Å². The zero-order valence-corrected chi connectivity index (χ0v) is 11.0. The van der Waals surface area contributed by atoms with E-state index in [0.29, 0.717) is 12.2 Å². The molecule has 2 unspecified atom stereocenters. The number of likely N-dealkylation sites (tertiary alicyclic amines) is 1. The van der Waals surface area contributed by atoms with E-state index in [2.05, 4.69) is 10.2 Å². The fourth-order valence-electron chi connectivity index (χ4n) is 2.73. The van der Waals surface area contributed by atoms with Crippen molar-refractivity contribution in [3.05, 3.63) is 30.0 Å². The molecule has 2 N–H and O–H groups in total. The molecule has 20 heavy (non-hydrogen) atoms. The van der Waals surface area contributed by atoms with Gasteiger partial charge in [0.05, 0.1) is 11.4 Å². The third-order valence-electron chi connectivity index (χ3n) is 3.89. The van der Waals surface area contributed by atoms with Crippen LogP contribution in [0.3, 0.4) is 0 Å². The molecule has 3 rings (SSSR count). The lowest BCUT2D eigenvalue weighted by Gasteiger charge is -2.14. The Labute approximate surface area is 115 Å². The molecule has 0 saturated carbocycles. The Balaban J connectivity index is 1.89. The molecule has 2 atom stereocenters. The Bertz CT molecular complexity index is 679. The molecule has 2 aromatic rings. The van der Waals surface area contributed by atoms with Gasteiger partial charge in [0.15, 0.2) is 5.69 Å². The summed E-state index contributed by atoms with van der Waals surface area (Å²) in [5, 5.41) is 16.8. The highest BCUT2D eigenvalue weighted by Crippen LogP contribution is 2.26. The first-order valence-electron chi connectivity index (χ1n) is 6.53. The smallest absolute Gasteiger partial charge is 0.308 e. The predicted molar refractivity (Wildman–Crippen MR) is 72.3 cm³/mol. The van der Waals surface area contributed by atoms with Gasteiger partial charge in [-0.05, 0) is 12.0 Å². The van der Waals surface area contributed by atoms with Crippen LogP contribution in [-0.2, 0) is 4.79 Å². The molecule has 6 heteroatoms. The molecule has 1 aromatic heterocycles. The fourth-order valence-corrected chi connectivity index (χ4v) is 2.73. The Kier molecular flexibility index (Phi) is 2.93. The van der Waals surface area contributed by atoms with Crippen LogP contribution in [0.2, 0.25) is 0 Å². The number of benzene rings is 1. The van der Waals surface area contributed by atoms with Crippen molar-refractivity contribution in [2.45, 2.75) is 6.92 Å². The van der Waals surface area contributed by atoms with E-state index < -0.39 is 11.9 Å². The number of aromatic amines is 1. The van der Waals surface area contributed by atoms with E-state index in [-0.39, 0.29) is 18.4 Å². The molecular weight excluding hydrogens is 258 g/mol. The van der Waals surface area contributed by atoms with E-state index in [1.807, 2.05) is 31.2 Å². The van der Waals surface area contributed by atoms with Crippen LogP contribution in [-0.4, -0.2) is 45.2 Å². The molecular formula is C14H15N3O3. The third-order valence-corrected chi connectivity index (χ3v) is 3.89. The SMILES string of the molecule is CC1CN(C(=O)c2n[nH]c3ccccc23)CC1C(=O)O. The van der Waals surface area contributed by atoms with E-state index in [9.17, 15) is 9.59 Å². The van der Waals surface area contributed by atoms with Crippen LogP contribution < -0.4 is 0 Å². The molecule has 1 aliphatic rings. The zero-order chi connectivity index (χ0) is 14.3. The number of nitrogens with one attached hydrogen (secondary N) is 1. The maximum atomic E-state index is 12.5. The number of amides is 1. The Morgan fingerprint density at radius 1 is 1.35 bits per heavy atom. The van der Waals surface area contributed by atoms with E-state index in [4.69, 9.17) is 5.11 Å². The lowest BCUT2D eigenvalue weighted by Crippen LogP contribution is -2.30. The zero-order valence-electron chi connectivity index (χ0n) is 11.0. The summed E-state index contributed by atoms with van der Waals surface area (Å²) < 4.78 is 0. The number of carbonyl (C=O) groups excluding carboxylic acids is 1. The molecule has 0 bridgehead atoms. The highest BCUT2D eigenvalue weighted by molar-refractivity contribution is 6.04. The van der Waals surface area contributed by atoms with Gasteiger partial charge in [0.1, 0.15) is 0 Å². The summed E-state index contributed by atoms with van der Waals surface area (Å²) in [7, 11) is 0. The maximum Gasteiger partial charge on any atom is 0.308 e. The van der Waals surface area contributed by atoms with E-state index in [1.165, 1.54) is 0 Å². The van der Waals surface area contributed by atoms with Crippen LogP contribution in [0.15, 0.2) is 24.3 Å². The number of H-pyrrole nitrogens is 1. The molecule has 104 valence electrons. The van der Waals surface area contributed by atoms with E-state index >= 15 is 0 Å². The summed E-state index contributed by atoms with van der Waals surface area (Å²) >= 11 is 0. The Hall–Kier alpha value is -2.37. The summed E-state index contributed by atoms with van der Waals surface area (Å²) in [6.07, 6.45) is 0. The van der Waals surface area contributed by atoms with Gasteiger partial charge in [-0.2, -0.15) is 5.10 Å². The highest BCUT2D eigenvalue weighted by atomic mass is 16.4. The van der Waals surface area contributed by atoms with Crippen LogP contribution in [0.1, 0.15) is 17.4 Å². The minimum atomic E-state index is -0.848. The molecule has 1 aliphatic heterocycles. The second-order valence-corrected chi connectivity index (χ2v) is 5.25. The summed E-state index contributed by atoms with van der Waals surface area (Å²) in [6.45, 7) is 2.56. The molecule has 1 aromatic carbocycles. The fraction of sp³-hybridized carbons (Fsp3) is 0.357. The molecule has 0 spiro atoms. The number of carbonyl (C=O) groups is 2. The van der Waals surface area contributed by atoms with Crippen molar-refractivity contribution in [1.82, 2.24) is 15.1 Å². The largest absolute Gasteiger partial charge is 0.481 e. The van der Waals surface area contributed by atoms with Gasteiger partial charge in [-0.25, -0.2) is 0 Å². The molecule has 1 amide bonds. The molecule has 6 nitrogen and oxygen atoms in total. The monoisotopic (exact) mass is 273 g/mol. The molecule has 2 heterocycles. The second-order valence-electron chi connectivity index (χ2n) is 5.25. The number of fused-ring (bicyclic) bond motifs is 1. The third kappa shape index (κ3) is 1.93. The van der Waals surface area contributed by atoms with E-state index in [0.717, 1.165) is 10.9 Å². The van der Waals surface area contributed by atoms with Crippen LogP contribution in [0.5, 0.6) is 0 Å². The first-order chi connectivity index (χ1) is 9.58. The van der Waals surface area contributed by atoms with Crippen LogP contribution in [0.4, 0.5) is 0 Å². The normalized spacial score (nSPS) is 22.4. The van der Waals surface area contributed by atoms with Crippen molar-refractivity contribution >= 4 is 22.8 Å². The molecule has 0 radical (unpaired) electrons. The van der Waals surface area contributed by atoms with Gasteiger partial charge in [0.2, 0.25) is 0 Å². The number of rotatable bonds is 2. The number of carboxylic acids is 1. The summed E-state index contributed by atoms with van der Waals surface area (Å²) in [5.74, 6) is -1.59. The average Bonchev–Trinajstić information content (AvgIpc) is 3.01. The van der Waals surface area contributed by atoms with Crippen molar-refractivity contribution in [2.24, 2.45) is 11.8 Å². The standard InChI is InChI=1S/C14H15N3O3/c1-8-6-17(7-10(8)14(19)20)13(18)12-9-4-2-3-5-11(9)15-16-12/h2-5,8,10H,6-7H2,1H3,(H,15,16)(H,19,20). The number of carboxylic acid groups (broad SMARTS) is 1. The molecule has 0 aliphatic carbocycles. The summed E-state index contributed by atoms with van der Waals surface area (Å²) in [5.41, 5.74) is 1.16. The van der Waals surface area contributed by atoms with Gasteiger partial charge in [0, 0.05) is 18.5 Å². The van der Waals surface area contributed by atoms with Gasteiger partial charge in [-0.15, -0.1) is 0 Å². The quantitative estimate of drug-likeness (QED) is 0.865. The first kappa shape index (κ1) is 12.7. The highest BCUT2D eigenvalue weighted by Gasteiger charge is 2.38. The van der Waals surface area contributed by atoms with Crippen molar-refractivity contribution in [1.29, 1.82) is 0 Å². The van der Waals surface area contributed by atoms with E-state index in [1.54, 1.807) is 4.90 Å². The van der Waals surface area contributed by atoms with Crippen molar-refractivity contribution in [2.75, 3.05) is 13.1 Å². The summed E-state index contributed by atoms with van der Waals surface area (Å²) in [4.78, 5) is 25.2. The van der Waals surface area contributed by atoms with Crippen LogP contribution in [0.25, 0.3) is 10.9 Å². The lowest BCUT2D eigenvalue weighted by molar-refractivity contribution is -0.142. The number of para-hydroxylation sites is 1. The Morgan fingerprint density at radius 3 is 2.80 bits per heavy atom. The van der Waals surface area contributed by atoms with Crippen molar-refractivity contribution in [3.8, 4) is 0 Å². The minimum Gasteiger partial charge on any atom is -0.481 e. The number of hydrogen-bond acceptors (Lipinski definition) is 3. The van der Waals surface area contributed by atoms with Crippen LogP contribution >= 0.6 is 0 Å². The predicted octanol–water partition coefficient (Wildman–Crippen LogP) is 1.36. The first-order valence-corrected chi connectivity index (χ1v) is 6.53. The van der Waals surface area contributed by atoms with Gasteiger partial charge in [-0.3, -0.25) is 14.7 Å². The molecule has 1 fully saturated rings. The average molecular weight is 273 g/mol. The molecule has 1 saturated heterocycles. The van der Waals surface area contributed by atoms with Crippen molar-refractivity contribution in [3.63, 3.8) is 0 Å². The summed E-state index contributed by atoms with van der Waals surface area (Å²) in [6, 6.07) is 7.40. The van der Waals surface area contributed by atoms with Gasteiger partial charge >= 0.3 is 5.97 Å². The minimum absolute atomic E-state index is 0.0401. The van der Waals surface area contributed by atoms with Gasteiger partial charge in [-0.1, -0.05) is 25.1 Å². The lowest BCUT2D eigenvalue weighted by atomic mass is 9.99. The van der Waals surface area contributed by atoms with Gasteiger partial charge < -0.3 is 10.0 Å². The van der Waals surface area contributed by atoms with Crippen LogP contribution in [0, 0.1) is 11.8 Å². The number of nitrogens with zero attached hydrogens (tertiary/aromatic N) is 2. The number of aromatic nitrogens is 2. The second kappa shape index (κ2) is 4.63. The Morgan fingerprint density at radius 2 is 2.10 bits per heavy atom.